The molecule has 0 fully saturated rings. The molecule has 2 aromatic carbocycles. The Bertz CT molecular complexity index is 555. The number of benzene rings is 2. The number of nitrogens with one attached hydrogen (secondary N) is 1. The number of rotatable bonds is 5. The van der Waals surface area contributed by atoms with Crippen molar-refractivity contribution in [1.82, 2.24) is 5.32 Å². The summed E-state index contributed by atoms with van der Waals surface area (Å²) in [6, 6.07) is 12.3. The molecule has 4 heteroatoms. The minimum absolute atomic E-state index is 0.508. The average molecular weight is 257 g/mol. The van der Waals surface area contributed by atoms with Gasteiger partial charge >= 0.3 is 7.12 Å². The molecule has 100 valence electrons. The van der Waals surface area contributed by atoms with Gasteiger partial charge in [0.15, 0.2) is 0 Å². The lowest BCUT2D eigenvalue weighted by Crippen LogP contribution is -2.29. The van der Waals surface area contributed by atoms with Gasteiger partial charge in [-0.15, -0.1) is 0 Å². The predicted molar refractivity (Wildman–Crippen MR) is 80.6 cm³/mol. The first-order valence-electron chi connectivity index (χ1n) is 6.68. The summed E-state index contributed by atoms with van der Waals surface area (Å²) in [6.45, 7) is 5.25. The van der Waals surface area contributed by atoms with E-state index in [-0.39, 0.29) is 0 Å². The van der Waals surface area contributed by atoms with Crippen LogP contribution < -0.4 is 10.8 Å². The lowest BCUT2D eigenvalue weighted by atomic mass is 9.79. The van der Waals surface area contributed by atoms with Gasteiger partial charge in [-0.1, -0.05) is 50.2 Å². The molecule has 0 saturated carbocycles. The highest BCUT2D eigenvalue weighted by Gasteiger charge is 2.10. The fraction of sp³-hybridized carbons (Fsp3) is 0.333. The second kappa shape index (κ2) is 6.19. The van der Waals surface area contributed by atoms with E-state index >= 15 is 0 Å². The van der Waals surface area contributed by atoms with Crippen molar-refractivity contribution < 1.29 is 10.0 Å². The van der Waals surface area contributed by atoms with Crippen LogP contribution in [0.5, 0.6) is 0 Å². The molecule has 3 N–H and O–H groups in total. The molecule has 0 unspecified atom stereocenters. The highest BCUT2D eigenvalue weighted by molar-refractivity contribution is 6.58. The average Bonchev–Trinajstić information content (AvgIpc) is 2.37. The monoisotopic (exact) mass is 257 g/mol. The zero-order valence-corrected chi connectivity index (χ0v) is 11.4. The molecule has 2 aromatic rings. The highest BCUT2D eigenvalue weighted by Crippen LogP contribution is 2.15. The van der Waals surface area contributed by atoms with Crippen molar-refractivity contribution in [3.8, 4) is 0 Å². The molecule has 0 atom stereocenters. The van der Waals surface area contributed by atoms with E-state index in [9.17, 15) is 0 Å². The molecule has 19 heavy (non-hydrogen) atoms. The normalized spacial score (nSPS) is 11.2. The molecule has 0 saturated heterocycles. The van der Waals surface area contributed by atoms with Gasteiger partial charge < -0.3 is 15.4 Å². The summed E-state index contributed by atoms with van der Waals surface area (Å²) in [7, 11) is -1.40. The van der Waals surface area contributed by atoms with E-state index in [0.717, 1.165) is 23.7 Å². The second-order valence-corrected chi connectivity index (χ2v) is 5.17. The lowest BCUT2D eigenvalue weighted by molar-refractivity contribution is 0.426. The van der Waals surface area contributed by atoms with Crippen molar-refractivity contribution in [3.05, 3.63) is 42.0 Å². The van der Waals surface area contributed by atoms with E-state index in [1.54, 1.807) is 6.07 Å². The van der Waals surface area contributed by atoms with Gasteiger partial charge in [0.05, 0.1) is 0 Å². The van der Waals surface area contributed by atoms with E-state index in [1.165, 1.54) is 5.56 Å². The van der Waals surface area contributed by atoms with Gasteiger partial charge in [-0.05, 0) is 34.8 Å². The van der Waals surface area contributed by atoms with E-state index in [4.69, 9.17) is 10.0 Å². The quantitative estimate of drug-likeness (QED) is 0.702. The minimum atomic E-state index is -1.40. The SMILES string of the molecule is CC(C)NCCc1ccc2cc(B(O)O)ccc2c1. The van der Waals surface area contributed by atoms with Crippen LogP contribution in [0.15, 0.2) is 36.4 Å². The molecule has 0 heterocycles. The van der Waals surface area contributed by atoms with Crippen LogP contribution >= 0.6 is 0 Å². The van der Waals surface area contributed by atoms with Crippen LogP contribution in [-0.2, 0) is 6.42 Å². The van der Waals surface area contributed by atoms with Gasteiger partial charge in [0.1, 0.15) is 0 Å². The molecule has 0 bridgehead atoms. The van der Waals surface area contributed by atoms with Crippen LogP contribution in [0, 0.1) is 0 Å². The summed E-state index contributed by atoms with van der Waals surface area (Å²) in [6.07, 6.45) is 0.999. The first-order valence-corrected chi connectivity index (χ1v) is 6.68. The Kier molecular flexibility index (Phi) is 4.58. The molecule has 0 aliphatic heterocycles. The van der Waals surface area contributed by atoms with Gasteiger partial charge in [0.25, 0.3) is 0 Å². The number of fused-ring (bicyclic) bond motifs is 1. The number of hydrogen-bond acceptors (Lipinski definition) is 3. The van der Waals surface area contributed by atoms with Crippen molar-refractivity contribution >= 4 is 23.4 Å². The summed E-state index contributed by atoms with van der Waals surface area (Å²) in [5.41, 5.74) is 1.82. The Balaban J connectivity index is 2.15. The van der Waals surface area contributed by atoms with Crippen molar-refractivity contribution in [2.75, 3.05) is 6.54 Å². The standard InChI is InChI=1S/C15H20BNO2/c1-11(2)17-8-7-12-3-4-14-10-15(16(18)19)6-5-13(14)9-12/h3-6,9-11,17-19H,7-8H2,1-2H3. The van der Waals surface area contributed by atoms with Crippen molar-refractivity contribution in [2.24, 2.45) is 0 Å². The Morgan fingerprint density at radius 3 is 2.42 bits per heavy atom. The zero-order valence-electron chi connectivity index (χ0n) is 11.4. The van der Waals surface area contributed by atoms with Crippen LogP contribution in [-0.4, -0.2) is 29.8 Å². The second-order valence-electron chi connectivity index (χ2n) is 5.17. The fourth-order valence-corrected chi connectivity index (χ4v) is 2.13. The predicted octanol–water partition coefficient (Wildman–Crippen LogP) is 1.06. The van der Waals surface area contributed by atoms with E-state index in [0.29, 0.717) is 11.5 Å². The smallest absolute Gasteiger partial charge is 0.423 e. The number of hydrogen-bond donors (Lipinski definition) is 3. The molecular formula is C15H20BNO2. The minimum Gasteiger partial charge on any atom is -0.423 e. The molecule has 0 aliphatic carbocycles. The maximum absolute atomic E-state index is 9.15. The molecule has 2 rings (SSSR count). The molecule has 0 amide bonds. The van der Waals surface area contributed by atoms with Gasteiger partial charge in [-0.3, -0.25) is 0 Å². The summed E-state index contributed by atoms with van der Waals surface area (Å²) in [4.78, 5) is 0. The van der Waals surface area contributed by atoms with E-state index in [1.807, 2.05) is 18.2 Å². The third-order valence-electron chi connectivity index (χ3n) is 3.19. The maximum atomic E-state index is 9.15. The fourth-order valence-electron chi connectivity index (χ4n) is 2.13. The summed E-state index contributed by atoms with van der Waals surface area (Å²) in [5, 5.41) is 23.9. The van der Waals surface area contributed by atoms with Gasteiger partial charge in [-0.2, -0.15) is 0 Å². The highest BCUT2D eigenvalue weighted by atomic mass is 16.4. The maximum Gasteiger partial charge on any atom is 0.488 e. The molecule has 0 radical (unpaired) electrons. The largest absolute Gasteiger partial charge is 0.488 e. The lowest BCUT2D eigenvalue weighted by Gasteiger charge is -2.09. The summed E-state index contributed by atoms with van der Waals surface area (Å²) < 4.78 is 0. The van der Waals surface area contributed by atoms with Crippen molar-refractivity contribution in [2.45, 2.75) is 26.3 Å². The van der Waals surface area contributed by atoms with Crippen LogP contribution in [0.1, 0.15) is 19.4 Å². The zero-order chi connectivity index (χ0) is 13.8. The van der Waals surface area contributed by atoms with Gasteiger partial charge in [-0.25, -0.2) is 0 Å². The van der Waals surface area contributed by atoms with Gasteiger partial charge in [0.2, 0.25) is 0 Å². The van der Waals surface area contributed by atoms with Crippen LogP contribution in [0.4, 0.5) is 0 Å². The van der Waals surface area contributed by atoms with Crippen molar-refractivity contribution in [3.63, 3.8) is 0 Å². The molecule has 0 spiro atoms. The topological polar surface area (TPSA) is 52.5 Å². The Hall–Kier alpha value is -1.36. The summed E-state index contributed by atoms with van der Waals surface area (Å²) in [5.74, 6) is 0. The van der Waals surface area contributed by atoms with E-state index in [2.05, 4.69) is 31.3 Å². The Morgan fingerprint density at radius 2 is 1.74 bits per heavy atom. The van der Waals surface area contributed by atoms with E-state index < -0.39 is 7.12 Å². The molecular weight excluding hydrogens is 237 g/mol. The molecule has 0 aromatic heterocycles. The van der Waals surface area contributed by atoms with Crippen LogP contribution in [0.2, 0.25) is 0 Å². The van der Waals surface area contributed by atoms with Crippen LogP contribution in [0.25, 0.3) is 10.8 Å². The molecule has 0 aliphatic rings. The Morgan fingerprint density at radius 1 is 1.05 bits per heavy atom. The van der Waals surface area contributed by atoms with Gasteiger partial charge in [0, 0.05) is 6.04 Å². The first kappa shape index (κ1) is 14.1. The third-order valence-corrected chi connectivity index (χ3v) is 3.19. The first-order chi connectivity index (χ1) is 9.06. The summed E-state index contributed by atoms with van der Waals surface area (Å²) >= 11 is 0. The van der Waals surface area contributed by atoms with Crippen molar-refractivity contribution in [1.29, 1.82) is 0 Å². The van der Waals surface area contributed by atoms with Crippen LogP contribution in [0.3, 0.4) is 0 Å². The Labute approximate surface area is 114 Å². The third kappa shape index (κ3) is 3.80. The molecule has 3 nitrogen and oxygen atoms in total.